The summed E-state index contributed by atoms with van der Waals surface area (Å²) in [6.45, 7) is 6.44. The molecule has 0 aromatic heterocycles. The maximum absolute atomic E-state index is 12.2. The monoisotopic (exact) mass is 421 g/mol. The van der Waals surface area contributed by atoms with Crippen molar-refractivity contribution in [2.75, 3.05) is 0 Å². The Labute approximate surface area is 153 Å². The van der Waals surface area contributed by atoms with Crippen molar-refractivity contribution < 1.29 is 38.1 Å². The molecule has 10 heteroatoms. The molecule has 0 saturated carbocycles. The van der Waals surface area contributed by atoms with Gasteiger partial charge in [-0.15, -0.1) is 0 Å². The third-order valence-corrected chi connectivity index (χ3v) is 5.01. The molecule has 2 aliphatic heterocycles. The van der Waals surface area contributed by atoms with Crippen LogP contribution in [0, 0.1) is 0 Å². The van der Waals surface area contributed by atoms with E-state index < -0.39 is 53.0 Å². The van der Waals surface area contributed by atoms with Gasteiger partial charge >= 0.3 is 17.9 Å². The van der Waals surface area contributed by atoms with Gasteiger partial charge in [0.1, 0.15) is 11.1 Å². The summed E-state index contributed by atoms with van der Waals surface area (Å²) in [7, 11) is 0. The third kappa shape index (κ3) is 3.50. The fourth-order valence-corrected chi connectivity index (χ4v) is 4.46. The van der Waals surface area contributed by atoms with Crippen LogP contribution in [-0.2, 0) is 38.1 Å². The minimum absolute atomic E-state index is 0.353. The molecule has 2 aliphatic rings. The summed E-state index contributed by atoms with van der Waals surface area (Å²) in [5.74, 6) is -2.29. The summed E-state index contributed by atoms with van der Waals surface area (Å²) in [5, 5.41) is 0. The number of hydrogen-bond acceptors (Lipinski definition) is 8. The molecule has 0 unspecified atom stereocenters. The van der Waals surface area contributed by atoms with E-state index >= 15 is 0 Å². The number of amides is 1. The highest BCUT2D eigenvalue weighted by Crippen LogP contribution is 2.47. The molecule has 0 aromatic carbocycles. The van der Waals surface area contributed by atoms with Crippen molar-refractivity contribution in [2.45, 2.75) is 69.7 Å². The predicted molar refractivity (Wildman–Crippen MR) is 85.2 cm³/mol. The third-order valence-electron chi connectivity index (χ3n) is 4.08. The number of nitrogens with zero attached hydrogens (tertiary/aromatic N) is 1. The number of hydrogen-bond donors (Lipinski definition) is 0. The molecule has 1 amide bonds. The zero-order valence-corrected chi connectivity index (χ0v) is 16.1. The number of likely N-dealkylation sites (tertiary alicyclic amines) is 1. The lowest BCUT2D eigenvalue weighted by Gasteiger charge is -2.46. The molecule has 2 bridgehead atoms. The van der Waals surface area contributed by atoms with Crippen LogP contribution in [0.25, 0.3) is 0 Å². The highest BCUT2D eigenvalue weighted by atomic mass is 79.9. The molecular formula is C15H20BrNO8. The van der Waals surface area contributed by atoms with Crippen molar-refractivity contribution in [3.63, 3.8) is 0 Å². The lowest BCUT2D eigenvalue weighted by Crippen LogP contribution is -2.65. The van der Waals surface area contributed by atoms with Gasteiger partial charge in [-0.2, -0.15) is 0 Å². The molecule has 25 heavy (non-hydrogen) atoms. The Morgan fingerprint density at radius 1 is 0.920 bits per heavy atom. The quantitative estimate of drug-likeness (QED) is 0.280. The number of esters is 3. The first-order valence-corrected chi connectivity index (χ1v) is 8.54. The second-order valence-electron chi connectivity index (χ2n) is 6.08. The van der Waals surface area contributed by atoms with Crippen molar-refractivity contribution in [3.05, 3.63) is 0 Å². The van der Waals surface area contributed by atoms with Gasteiger partial charge in [0.05, 0.1) is 0 Å². The van der Waals surface area contributed by atoms with Gasteiger partial charge in [-0.3, -0.25) is 24.1 Å². The van der Waals surface area contributed by atoms with E-state index in [1.54, 1.807) is 6.92 Å². The number of ether oxygens (including phenoxy) is 4. The molecule has 2 fully saturated rings. The van der Waals surface area contributed by atoms with E-state index in [4.69, 9.17) is 18.9 Å². The van der Waals surface area contributed by atoms with Crippen LogP contribution in [0.4, 0.5) is 0 Å². The topological polar surface area (TPSA) is 108 Å². The number of carbonyl (C=O) groups is 4. The lowest BCUT2D eigenvalue weighted by molar-refractivity contribution is -0.269. The Kier molecular flexibility index (Phi) is 5.43. The van der Waals surface area contributed by atoms with E-state index in [1.165, 1.54) is 32.6 Å². The summed E-state index contributed by atoms with van der Waals surface area (Å²) in [5.41, 5.74) is -1.40. The Hall–Kier alpha value is -1.68. The molecular weight excluding hydrogens is 402 g/mol. The Bertz CT molecular complexity index is 610. The first kappa shape index (κ1) is 19.6. The summed E-state index contributed by atoms with van der Waals surface area (Å²) >= 11 is 3.37. The fourth-order valence-electron chi connectivity index (χ4n) is 3.36. The number of fused-ring (bicyclic) bond motifs is 2. The van der Waals surface area contributed by atoms with Crippen LogP contribution in [0.5, 0.6) is 0 Å². The Morgan fingerprint density at radius 2 is 1.40 bits per heavy atom. The first-order chi connectivity index (χ1) is 11.5. The molecule has 6 atom stereocenters. The average Bonchev–Trinajstić information content (AvgIpc) is 2.68. The average molecular weight is 422 g/mol. The molecule has 0 spiro atoms. The van der Waals surface area contributed by atoms with Gasteiger partial charge in [-0.05, 0) is 6.92 Å². The maximum atomic E-state index is 12.2. The maximum Gasteiger partial charge on any atom is 0.303 e. The van der Waals surface area contributed by atoms with Crippen LogP contribution in [0.2, 0.25) is 0 Å². The summed E-state index contributed by atoms with van der Waals surface area (Å²) < 4.78 is 21.9. The zero-order chi connectivity index (χ0) is 19.1. The Balaban J connectivity index is 2.56. The molecule has 2 heterocycles. The number of halogens is 1. The van der Waals surface area contributed by atoms with E-state index in [0.29, 0.717) is 0 Å². The van der Waals surface area contributed by atoms with Gasteiger partial charge in [-0.1, -0.05) is 15.9 Å². The van der Waals surface area contributed by atoms with E-state index in [2.05, 4.69) is 15.9 Å². The lowest BCUT2D eigenvalue weighted by atomic mass is 9.93. The second kappa shape index (κ2) is 6.91. The minimum atomic E-state index is -1.40. The van der Waals surface area contributed by atoms with E-state index in [-0.39, 0.29) is 5.91 Å². The molecule has 0 aromatic rings. The van der Waals surface area contributed by atoms with Gasteiger partial charge in [0.25, 0.3) is 0 Å². The molecule has 2 saturated heterocycles. The number of alkyl halides is 1. The first-order valence-electron chi connectivity index (χ1n) is 7.62. The van der Waals surface area contributed by atoms with Gasteiger partial charge in [0, 0.05) is 27.7 Å². The normalized spacial score (nSPS) is 36.6. The van der Waals surface area contributed by atoms with E-state index in [1.807, 2.05) is 0 Å². The number of carbonyl (C=O) groups excluding carboxylic acids is 4. The fraction of sp³-hybridized carbons (Fsp3) is 0.733. The second-order valence-corrected chi connectivity index (χ2v) is 7.02. The summed E-state index contributed by atoms with van der Waals surface area (Å²) in [6.07, 6.45) is -4.18. The van der Waals surface area contributed by atoms with Gasteiger partial charge in [0.2, 0.25) is 5.91 Å². The van der Waals surface area contributed by atoms with Crippen molar-refractivity contribution in [1.82, 2.24) is 4.90 Å². The molecule has 9 nitrogen and oxygen atoms in total. The number of rotatable bonds is 3. The van der Waals surface area contributed by atoms with Gasteiger partial charge < -0.3 is 18.9 Å². The predicted octanol–water partition coefficient (Wildman–Crippen LogP) is 0.480. The molecule has 140 valence electrons. The van der Waals surface area contributed by atoms with Gasteiger partial charge in [0.15, 0.2) is 24.0 Å². The SMILES string of the molecule is CC(=O)O[C@@H]1[C@@H]2O[C@@](C)([C@@H](OC(C)=O)[C@H]1OC(C)=O)N(C(C)=O)[C@@H]2Br. The van der Waals surface area contributed by atoms with Crippen LogP contribution in [-0.4, -0.2) is 63.8 Å². The largest absolute Gasteiger partial charge is 0.456 e. The smallest absolute Gasteiger partial charge is 0.303 e. The van der Waals surface area contributed by atoms with Gasteiger partial charge in [-0.25, -0.2) is 0 Å². The minimum Gasteiger partial charge on any atom is -0.456 e. The molecule has 0 aliphatic carbocycles. The highest BCUT2D eigenvalue weighted by Gasteiger charge is 2.68. The molecule has 0 N–H and O–H groups in total. The van der Waals surface area contributed by atoms with Crippen molar-refractivity contribution in [3.8, 4) is 0 Å². The Morgan fingerprint density at radius 3 is 1.84 bits per heavy atom. The molecule has 2 rings (SSSR count). The zero-order valence-electron chi connectivity index (χ0n) is 14.5. The van der Waals surface area contributed by atoms with E-state index in [0.717, 1.165) is 0 Å². The van der Waals surface area contributed by atoms with Crippen LogP contribution in [0.1, 0.15) is 34.6 Å². The summed E-state index contributed by atoms with van der Waals surface area (Å²) in [4.78, 5) is 47.5. The van der Waals surface area contributed by atoms with Crippen molar-refractivity contribution in [2.24, 2.45) is 0 Å². The van der Waals surface area contributed by atoms with Crippen LogP contribution < -0.4 is 0 Å². The standard InChI is InChI=1S/C15H20BrNO8/c1-6(18)17-14(16)12-10(22-7(2)19)11(23-8(3)20)13(24-9(4)21)15(17,5)25-12/h10-14H,1-5H3/t10-,11-,12-,13-,14-,15-/m0/s1. The van der Waals surface area contributed by atoms with Crippen molar-refractivity contribution in [1.29, 1.82) is 0 Å². The van der Waals surface area contributed by atoms with Crippen LogP contribution >= 0.6 is 15.9 Å². The van der Waals surface area contributed by atoms with Crippen LogP contribution in [0.15, 0.2) is 0 Å². The van der Waals surface area contributed by atoms with Crippen LogP contribution in [0.3, 0.4) is 0 Å². The molecule has 0 radical (unpaired) electrons. The van der Waals surface area contributed by atoms with Crippen molar-refractivity contribution >= 4 is 39.7 Å². The highest BCUT2D eigenvalue weighted by molar-refractivity contribution is 9.09. The van der Waals surface area contributed by atoms with E-state index in [9.17, 15) is 19.2 Å². The summed E-state index contributed by atoms with van der Waals surface area (Å²) in [6, 6.07) is 0.